The number of imide groups is 1. The fourth-order valence-electron chi connectivity index (χ4n) is 4.35. The molecule has 2 fully saturated rings. The van der Waals surface area contributed by atoms with E-state index in [0.29, 0.717) is 24.4 Å². The zero-order chi connectivity index (χ0) is 23.5. The number of thioether (sulfide) groups is 1. The fraction of sp³-hybridized carbons (Fsp3) is 0.565. The maximum atomic E-state index is 13.0. The number of urea groups is 1. The molecule has 0 aromatic heterocycles. The van der Waals surface area contributed by atoms with Gasteiger partial charge in [0.2, 0.25) is 0 Å². The summed E-state index contributed by atoms with van der Waals surface area (Å²) in [6.07, 6.45) is 4.72. The first kappa shape index (κ1) is 24.1. The molecule has 174 valence electrons. The van der Waals surface area contributed by atoms with E-state index in [1.807, 2.05) is 24.5 Å². The number of carbonyl (C=O) groups excluding carboxylic acids is 4. The lowest BCUT2D eigenvalue weighted by Crippen LogP contribution is -2.50. The van der Waals surface area contributed by atoms with Gasteiger partial charge in [0, 0.05) is 10.6 Å². The second kappa shape index (κ2) is 9.52. The van der Waals surface area contributed by atoms with Gasteiger partial charge in [-0.15, -0.1) is 11.8 Å². The van der Waals surface area contributed by atoms with Gasteiger partial charge in [0.25, 0.3) is 11.8 Å². The third-order valence-electron chi connectivity index (χ3n) is 6.31. The van der Waals surface area contributed by atoms with Gasteiger partial charge in [-0.3, -0.25) is 19.3 Å². The van der Waals surface area contributed by atoms with Crippen molar-refractivity contribution in [1.29, 1.82) is 0 Å². The molecular formula is C23H31N3O5S. The van der Waals surface area contributed by atoms with Gasteiger partial charge in [0.05, 0.1) is 0 Å². The van der Waals surface area contributed by atoms with E-state index in [1.165, 1.54) is 0 Å². The molecule has 1 aromatic rings. The SMILES string of the molecule is CSc1cccc(NC(=O)COC(=O)CN2C(=O)NC3(CCC(C(C)(C)C)CC3)C2=O)c1. The molecule has 1 aromatic carbocycles. The summed E-state index contributed by atoms with van der Waals surface area (Å²) in [6, 6.07) is 6.70. The van der Waals surface area contributed by atoms with Crippen molar-refractivity contribution in [3.63, 3.8) is 0 Å². The van der Waals surface area contributed by atoms with Crippen LogP contribution in [0.3, 0.4) is 0 Å². The molecule has 1 saturated carbocycles. The Bertz CT molecular complexity index is 903. The lowest BCUT2D eigenvalue weighted by atomic mass is 9.67. The van der Waals surface area contributed by atoms with E-state index in [4.69, 9.17) is 4.74 Å². The third kappa shape index (κ3) is 5.43. The predicted octanol–water partition coefficient (Wildman–Crippen LogP) is 3.42. The largest absolute Gasteiger partial charge is 0.454 e. The molecule has 0 radical (unpaired) electrons. The van der Waals surface area contributed by atoms with Crippen LogP contribution in [0.15, 0.2) is 29.2 Å². The van der Waals surface area contributed by atoms with Crippen LogP contribution < -0.4 is 10.6 Å². The minimum Gasteiger partial charge on any atom is -0.454 e. The summed E-state index contributed by atoms with van der Waals surface area (Å²) in [4.78, 5) is 51.6. The van der Waals surface area contributed by atoms with E-state index in [9.17, 15) is 19.2 Å². The lowest BCUT2D eigenvalue weighted by molar-refractivity contribution is -0.150. The van der Waals surface area contributed by atoms with Crippen LogP contribution in [0.4, 0.5) is 10.5 Å². The molecule has 9 heteroatoms. The summed E-state index contributed by atoms with van der Waals surface area (Å²) in [6.45, 7) is 5.54. The number of benzene rings is 1. The Morgan fingerprint density at radius 2 is 1.94 bits per heavy atom. The van der Waals surface area contributed by atoms with Gasteiger partial charge in [-0.05, 0) is 61.5 Å². The number of hydrogen-bond donors (Lipinski definition) is 2. The quantitative estimate of drug-likeness (QED) is 0.382. The van der Waals surface area contributed by atoms with Crippen LogP contribution in [-0.2, 0) is 19.1 Å². The summed E-state index contributed by atoms with van der Waals surface area (Å²) < 4.78 is 5.00. The molecule has 0 atom stereocenters. The molecule has 2 N–H and O–H groups in total. The van der Waals surface area contributed by atoms with Crippen LogP contribution in [0, 0.1) is 11.3 Å². The number of nitrogens with one attached hydrogen (secondary N) is 2. The van der Waals surface area contributed by atoms with Crippen molar-refractivity contribution in [2.45, 2.75) is 56.9 Å². The molecule has 2 aliphatic rings. The van der Waals surface area contributed by atoms with Crippen LogP contribution in [-0.4, -0.2) is 53.7 Å². The van der Waals surface area contributed by atoms with Crippen molar-refractivity contribution >= 4 is 41.3 Å². The molecule has 32 heavy (non-hydrogen) atoms. The van der Waals surface area contributed by atoms with Crippen molar-refractivity contribution in [2.75, 3.05) is 24.7 Å². The minimum absolute atomic E-state index is 0.147. The fourth-order valence-corrected chi connectivity index (χ4v) is 4.81. The Kier molecular flexibility index (Phi) is 7.17. The van der Waals surface area contributed by atoms with Crippen LogP contribution in [0.1, 0.15) is 46.5 Å². The van der Waals surface area contributed by atoms with E-state index in [-0.39, 0.29) is 11.3 Å². The van der Waals surface area contributed by atoms with Crippen LogP contribution in [0.5, 0.6) is 0 Å². The lowest BCUT2D eigenvalue weighted by Gasteiger charge is -2.40. The van der Waals surface area contributed by atoms with Gasteiger partial charge in [0.1, 0.15) is 12.1 Å². The Morgan fingerprint density at radius 3 is 2.56 bits per heavy atom. The van der Waals surface area contributed by atoms with Crippen LogP contribution in [0.25, 0.3) is 0 Å². The highest BCUT2D eigenvalue weighted by Gasteiger charge is 2.53. The van der Waals surface area contributed by atoms with Crippen LogP contribution >= 0.6 is 11.8 Å². The molecule has 0 bridgehead atoms. The maximum Gasteiger partial charge on any atom is 0.326 e. The Balaban J connectivity index is 1.50. The average molecular weight is 462 g/mol. The van der Waals surface area contributed by atoms with Gasteiger partial charge in [-0.2, -0.15) is 0 Å². The topological polar surface area (TPSA) is 105 Å². The number of ether oxygens (including phenoxy) is 1. The standard InChI is InChI=1S/C23H31N3O5S/c1-22(2,3)15-8-10-23(11-9-15)20(29)26(21(30)25-23)13-19(28)31-14-18(27)24-16-6-5-7-17(12-16)32-4/h5-7,12,15H,8-11,13-14H2,1-4H3,(H,24,27)(H,25,30). The number of rotatable bonds is 6. The summed E-state index contributed by atoms with van der Waals surface area (Å²) >= 11 is 1.54. The van der Waals surface area contributed by atoms with Crippen LogP contribution in [0.2, 0.25) is 0 Å². The van der Waals surface area contributed by atoms with Crippen molar-refractivity contribution in [3.8, 4) is 0 Å². The zero-order valence-corrected chi connectivity index (χ0v) is 19.8. The highest BCUT2D eigenvalue weighted by Crippen LogP contribution is 2.43. The van der Waals surface area contributed by atoms with Crippen molar-refractivity contribution in [3.05, 3.63) is 24.3 Å². The van der Waals surface area contributed by atoms with Crippen molar-refractivity contribution in [1.82, 2.24) is 10.2 Å². The zero-order valence-electron chi connectivity index (χ0n) is 19.0. The van der Waals surface area contributed by atoms with Crippen molar-refractivity contribution < 1.29 is 23.9 Å². The monoisotopic (exact) mass is 461 g/mol. The Labute approximate surface area is 192 Å². The Morgan fingerprint density at radius 1 is 1.25 bits per heavy atom. The summed E-state index contributed by atoms with van der Waals surface area (Å²) in [5.74, 6) is -1.20. The number of anilines is 1. The molecule has 8 nitrogen and oxygen atoms in total. The molecule has 0 unspecified atom stereocenters. The number of esters is 1. The van der Waals surface area contributed by atoms with E-state index in [1.54, 1.807) is 17.8 Å². The summed E-state index contributed by atoms with van der Waals surface area (Å²) in [5.41, 5.74) is -0.188. The molecule has 1 saturated heterocycles. The summed E-state index contributed by atoms with van der Waals surface area (Å²) in [7, 11) is 0. The molecule has 1 aliphatic heterocycles. The predicted molar refractivity (Wildman–Crippen MR) is 122 cm³/mol. The Hall–Kier alpha value is -2.55. The van der Waals surface area contributed by atoms with Gasteiger partial charge in [0.15, 0.2) is 6.61 Å². The number of hydrogen-bond acceptors (Lipinski definition) is 6. The van der Waals surface area contributed by atoms with Crippen molar-refractivity contribution in [2.24, 2.45) is 11.3 Å². The minimum atomic E-state index is -0.932. The first-order chi connectivity index (χ1) is 15.0. The van der Waals surface area contributed by atoms with Gasteiger partial charge < -0.3 is 15.4 Å². The smallest absolute Gasteiger partial charge is 0.326 e. The molecule has 1 heterocycles. The van der Waals surface area contributed by atoms with E-state index >= 15 is 0 Å². The molecule has 1 spiro atoms. The first-order valence-electron chi connectivity index (χ1n) is 10.8. The molecule has 1 aliphatic carbocycles. The second-order valence-corrected chi connectivity index (χ2v) is 10.4. The maximum absolute atomic E-state index is 13.0. The summed E-state index contributed by atoms with van der Waals surface area (Å²) in [5, 5.41) is 5.46. The van der Waals surface area contributed by atoms with E-state index < -0.39 is 36.6 Å². The number of nitrogens with zero attached hydrogens (tertiary/aromatic N) is 1. The van der Waals surface area contributed by atoms with E-state index in [0.717, 1.165) is 22.6 Å². The normalized spacial score (nSPS) is 23.2. The average Bonchev–Trinajstić information content (AvgIpc) is 2.96. The molecule has 3 rings (SSSR count). The van der Waals surface area contributed by atoms with Gasteiger partial charge in [-0.1, -0.05) is 26.8 Å². The first-order valence-corrected chi connectivity index (χ1v) is 12.0. The second-order valence-electron chi connectivity index (χ2n) is 9.48. The van der Waals surface area contributed by atoms with Gasteiger partial charge in [-0.25, -0.2) is 4.79 Å². The molecule has 4 amide bonds. The highest BCUT2D eigenvalue weighted by molar-refractivity contribution is 7.98. The molecular weight excluding hydrogens is 430 g/mol. The van der Waals surface area contributed by atoms with E-state index in [2.05, 4.69) is 31.4 Å². The third-order valence-corrected chi connectivity index (χ3v) is 7.04. The highest BCUT2D eigenvalue weighted by atomic mass is 32.2. The van der Waals surface area contributed by atoms with Gasteiger partial charge >= 0.3 is 12.0 Å². The number of amides is 4. The number of carbonyl (C=O) groups is 4.